The van der Waals surface area contributed by atoms with Crippen molar-refractivity contribution < 1.29 is 9.53 Å². The molecule has 140 valence electrons. The van der Waals surface area contributed by atoms with Gasteiger partial charge in [-0.25, -0.2) is 0 Å². The van der Waals surface area contributed by atoms with Gasteiger partial charge in [-0.05, 0) is 49.8 Å². The van der Waals surface area contributed by atoms with Crippen LogP contribution in [0.1, 0.15) is 56.3 Å². The van der Waals surface area contributed by atoms with Gasteiger partial charge in [-0.1, -0.05) is 68.8 Å². The van der Waals surface area contributed by atoms with E-state index in [0.29, 0.717) is 12.3 Å². The van der Waals surface area contributed by atoms with Gasteiger partial charge in [0.25, 0.3) is 5.91 Å². The number of benzene rings is 2. The first-order chi connectivity index (χ1) is 12.4. The standard InChI is InChI=1S/C23H31NO2/c1-6-21(26-22-13-12-17(4)15-18(22)5)23(25)24-20(14-16(2)3)19-10-8-7-9-11-19/h7-13,15-16,20-21H,6,14H2,1-5H3,(H,24,25). The molecule has 26 heavy (non-hydrogen) atoms. The molecular formula is C23H31NO2. The summed E-state index contributed by atoms with van der Waals surface area (Å²) >= 11 is 0. The zero-order chi connectivity index (χ0) is 19.1. The molecule has 1 amide bonds. The molecule has 2 unspecified atom stereocenters. The Hall–Kier alpha value is -2.29. The third kappa shape index (κ3) is 5.62. The van der Waals surface area contributed by atoms with Gasteiger partial charge in [0.1, 0.15) is 5.75 Å². The number of amides is 1. The zero-order valence-electron chi connectivity index (χ0n) is 16.6. The molecule has 0 saturated heterocycles. The van der Waals surface area contributed by atoms with Crippen molar-refractivity contribution in [3.05, 3.63) is 65.2 Å². The first-order valence-electron chi connectivity index (χ1n) is 9.50. The summed E-state index contributed by atoms with van der Waals surface area (Å²) in [5.74, 6) is 1.21. The van der Waals surface area contributed by atoms with Crippen LogP contribution in [0.25, 0.3) is 0 Å². The Labute approximate surface area is 157 Å². The van der Waals surface area contributed by atoms with Gasteiger partial charge < -0.3 is 10.1 Å². The quantitative estimate of drug-likeness (QED) is 0.693. The van der Waals surface area contributed by atoms with Crippen LogP contribution in [0.3, 0.4) is 0 Å². The van der Waals surface area contributed by atoms with Crippen LogP contribution in [-0.4, -0.2) is 12.0 Å². The SMILES string of the molecule is CCC(Oc1ccc(C)cc1C)C(=O)NC(CC(C)C)c1ccccc1. The van der Waals surface area contributed by atoms with E-state index in [2.05, 4.69) is 44.3 Å². The fraction of sp³-hybridized carbons (Fsp3) is 0.435. The Morgan fingerprint density at radius 3 is 2.35 bits per heavy atom. The highest BCUT2D eigenvalue weighted by molar-refractivity contribution is 5.81. The third-order valence-electron chi connectivity index (χ3n) is 4.49. The van der Waals surface area contributed by atoms with Gasteiger partial charge in [0.2, 0.25) is 0 Å². The van der Waals surface area contributed by atoms with Crippen LogP contribution >= 0.6 is 0 Å². The van der Waals surface area contributed by atoms with Crippen molar-refractivity contribution in [3.63, 3.8) is 0 Å². The first kappa shape index (κ1) is 20.0. The van der Waals surface area contributed by atoms with Gasteiger partial charge in [-0.2, -0.15) is 0 Å². The molecular weight excluding hydrogens is 322 g/mol. The van der Waals surface area contributed by atoms with Crippen molar-refractivity contribution in [1.82, 2.24) is 5.32 Å². The largest absolute Gasteiger partial charge is 0.480 e. The number of hydrogen-bond donors (Lipinski definition) is 1. The lowest BCUT2D eigenvalue weighted by Crippen LogP contribution is -2.40. The molecule has 2 aromatic carbocycles. The fourth-order valence-electron chi connectivity index (χ4n) is 3.11. The van der Waals surface area contributed by atoms with E-state index in [1.165, 1.54) is 5.56 Å². The fourth-order valence-corrected chi connectivity index (χ4v) is 3.11. The minimum Gasteiger partial charge on any atom is -0.480 e. The number of carbonyl (C=O) groups excluding carboxylic acids is 1. The average molecular weight is 354 g/mol. The number of hydrogen-bond acceptors (Lipinski definition) is 2. The molecule has 0 spiro atoms. The van der Waals surface area contributed by atoms with E-state index in [4.69, 9.17) is 4.74 Å². The number of rotatable bonds is 8. The van der Waals surface area contributed by atoms with Crippen LogP contribution in [0.2, 0.25) is 0 Å². The summed E-state index contributed by atoms with van der Waals surface area (Å²) in [4.78, 5) is 12.9. The summed E-state index contributed by atoms with van der Waals surface area (Å²) in [6, 6.07) is 16.2. The lowest BCUT2D eigenvalue weighted by molar-refractivity contribution is -0.129. The molecule has 1 N–H and O–H groups in total. The van der Waals surface area contributed by atoms with E-state index in [0.717, 1.165) is 23.3 Å². The van der Waals surface area contributed by atoms with Gasteiger partial charge in [-0.3, -0.25) is 4.79 Å². The molecule has 0 radical (unpaired) electrons. The highest BCUT2D eigenvalue weighted by Gasteiger charge is 2.23. The van der Waals surface area contributed by atoms with Crippen molar-refractivity contribution >= 4 is 5.91 Å². The maximum Gasteiger partial charge on any atom is 0.261 e. The molecule has 0 aliphatic carbocycles. The highest BCUT2D eigenvalue weighted by atomic mass is 16.5. The second kappa shape index (κ2) is 9.42. The second-order valence-corrected chi connectivity index (χ2v) is 7.39. The summed E-state index contributed by atoms with van der Waals surface area (Å²) in [6.07, 6.45) is 1.03. The van der Waals surface area contributed by atoms with Gasteiger partial charge in [0.15, 0.2) is 6.10 Å². The molecule has 0 saturated carbocycles. The minimum atomic E-state index is -0.491. The van der Waals surface area contributed by atoms with Crippen molar-refractivity contribution in [2.24, 2.45) is 5.92 Å². The average Bonchev–Trinajstić information content (AvgIpc) is 2.61. The van der Waals surface area contributed by atoms with Crippen LogP contribution in [-0.2, 0) is 4.79 Å². The van der Waals surface area contributed by atoms with E-state index in [-0.39, 0.29) is 11.9 Å². The van der Waals surface area contributed by atoms with Crippen LogP contribution in [0, 0.1) is 19.8 Å². The van der Waals surface area contributed by atoms with Gasteiger partial charge >= 0.3 is 0 Å². The summed E-state index contributed by atoms with van der Waals surface area (Å²) < 4.78 is 6.04. The van der Waals surface area contributed by atoms with Gasteiger partial charge in [-0.15, -0.1) is 0 Å². The predicted octanol–water partition coefficient (Wildman–Crippen LogP) is 5.36. The molecule has 0 aliphatic heterocycles. The molecule has 0 heterocycles. The lowest BCUT2D eigenvalue weighted by Gasteiger charge is -2.25. The second-order valence-electron chi connectivity index (χ2n) is 7.39. The zero-order valence-corrected chi connectivity index (χ0v) is 16.6. The maximum absolute atomic E-state index is 12.9. The Balaban J connectivity index is 2.12. The van der Waals surface area contributed by atoms with Crippen LogP contribution in [0.15, 0.2) is 48.5 Å². The molecule has 0 bridgehead atoms. The Morgan fingerprint density at radius 2 is 1.77 bits per heavy atom. The topological polar surface area (TPSA) is 38.3 Å². The van der Waals surface area contributed by atoms with Gasteiger partial charge in [0.05, 0.1) is 6.04 Å². The molecule has 0 aliphatic rings. The molecule has 2 atom stereocenters. The number of aryl methyl sites for hydroxylation is 2. The lowest BCUT2D eigenvalue weighted by atomic mass is 9.96. The molecule has 3 nitrogen and oxygen atoms in total. The molecule has 0 aromatic heterocycles. The Morgan fingerprint density at radius 1 is 1.08 bits per heavy atom. The van der Waals surface area contributed by atoms with Crippen molar-refractivity contribution in [2.45, 2.75) is 59.6 Å². The molecule has 0 fully saturated rings. The summed E-state index contributed by atoms with van der Waals surface area (Å²) in [7, 11) is 0. The molecule has 2 aromatic rings. The van der Waals surface area contributed by atoms with Crippen molar-refractivity contribution in [3.8, 4) is 5.75 Å². The molecule has 2 rings (SSSR count). The predicted molar refractivity (Wildman–Crippen MR) is 107 cm³/mol. The third-order valence-corrected chi connectivity index (χ3v) is 4.49. The van der Waals surface area contributed by atoms with E-state index in [9.17, 15) is 4.79 Å². The normalized spacial score (nSPS) is 13.3. The van der Waals surface area contributed by atoms with E-state index >= 15 is 0 Å². The van der Waals surface area contributed by atoms with Crippen LogP contribution in [0.4, 0.5) is 0 Å². The van der Waals surface area contributed by atoms with Crippen molar-refractivity contribution in [2.75, 3.05) is 0 Å². The minimum absolute atomic E-state index is 0.000430. The monoisotopic (exact) mass is 353 g/mol. The van der Waals surface area contributed by atoms with E-state index in [1.807, 2.05) is 44.2 Å². The van der Waals surface area contributed by atoms with Crippen LogP contribution < -0.4 is 10.1 Å². The summed E-state index contributed by atoms with van der Waals surface area (Å²) in [5.41, 5.74) is 3.38. The molecule has 3 heteroatoms. The Bertz CT molecular complexity index is 709. The van der Waals surface area contributed by atoms with Crippen LogP contribution in [0.5, 0.6) is 5.75 Å². The summed E-state index contributed by atoms with van der Waals surface area (Å²) in [5, 5.41) is 3.20. The smallest absolute Gasteiger partial charge is 0.261 e. The maximum atomic E-state index is 12.9. The van der Waals surface area contributed by atoms with E-state index in [1.54, 1.807) is 0 Å². The highest BCUT2D eigenvalue weighted by Crippen LogP contribution is 2.23. The summed E-state index contributed by atoms with van der Waals surface area (Å²) in [6.45, 7) is 10.4. The number of nitrogens with one attached hydrogen (secondary N) is 1. The van der Waals surface area contributed by atoms with Crippen molar-refractivity contribution in [1.29, 1.82) is 0 Å². The Kier molecular flexibility index (Phi) is 7.26. The number of carbonyl (C=O) groups is 1. The van der Waals surface area contributed by atoms with Gasteiger partial charge in [0, 0.05) is 0 Å². The van der Waals surface area contributed by atoms with E-state index < -0.39 is 6.10 Å². The number of ether oxygens (including phenoxy) is 1. The first-order valence-corrected chi connectivity index (χ1v) is 9.50.